The van der Waals surface area contributed by atoms with E-state index >= 15 is 0 Å². The molecule has 1 unspecified atom stereocenters. The van der Waals surface area contributed by atoms with Gasteiger partial charge in [0.05, 0.1) is 19.6 Å². The van der Waals surface area contributed by atoms with Crippen LogP contribution in [-0.2, 0) is 39.1 Å². The van der Waals surface area contributed by atoms with Crippen molar-refractivity contribution in [3.63, 3.8) is 0 Å². The van der Waals surface area contributed by atoms with Gasteiger partial charge < -0.3 is 30.3 Å². The zero-order valence-electron chi connectivity index (χ0n) is 34.8. The highest BCUT2D eigenvalue weighted by Gasteiger charge is 2.54. The molecule has 1 heterocycles. The van der Waals surface area contributed by atoms with Crippen molar-refractivity contribution in [1.29, 1.82) is 0 Å². The minimum absolute atomic E-state index is 0.156. The fourth-order valence-corrected chi connectivity index (χ4v) is 10.4. The van der Waals surface area contributed by atoms with Crippen molar-refractivity contribution in [2.75, 3.05) is 18.5 Å². The number of aromatic nitrogens is 1. The Bertz CT molecular complexity index is 2140. The molecule has 3 aliphatic carbocycles. The van der Waals surface area contributed by atoms with Crippen LogP contribution in [0.15, 0.2) is 85.1 Å². The van der Waals surface area contributed by atoms with E-state index in [4.69, 9.17) is 21.1 Å². The first-order valence-corrected chi connectivity index (χ1v) is 22.0. The number of carbonyl (C=O) groups excluding carboxylic acids is 1. The number of pyridine rings is 1. The Balaban J connectivity index is 1.04. The molecular weight excluding hydrogens is 778 g/mol. The Morgan fingerprint density at radius 3 is 2.52 bits per heavy atom. The quantitative estimate of drug-likeness (QED) is 0.0720. The van der Waals surface area contributed by atoms with Crippen LogP contribution in [0.3, 0.4) is 0 Å². The smallest absolute Gasteiger partial charge is 0.329 e. The van der Waals surface area contributed by atoms with E-state index < -0.39 is 23.5 Å². The fraction of sp³-hybridized carbons (Fsp3) is 0.469. The van der Waals surface area contributed by atoms with Gasteiger partial charge >= 0.3 is 11.9 Å². The van der Waals surface area contributed by atoms with Gasteiger partial charge in [0.25, 0.3) is 0 Å². The zero-order valence-corrected chi connectivity index (χ0v) is 35.5. The van der Waals surface area contributed by atoms with Gasteiger partial charge in [0.15, 0.2) is 0 Å². The first-order valence-electron chi connectivity index (χ1n) is 21.6. The first-order chi connectivity index (χ1) is 28.9. The molecule has 4 aromatic rings. The van der Waals surface area contributed by atoms with Crippen LogP contribution in [0.4, 0.5) is 5.69 Å². The number of nitrogens with zero attached hydrogens (tertiary/aromatic N) is 1. The zero-order chi connectivity index (χ0) is 42.3. The second kappa shape index (κ2) is 19.1. The number of aryl methyl sites for hydroxylation is 1. The van der Waals surface area contributed by atoms with Crippen LogP contribution < -0.4 is 20.1 Å². The van der Waals surface area contributed by atoms with E-state index in [9.17, 15) is 24.6 Å². The van der Waals surface area contributed by atoms with Crippen LogP contribution in [0, 0.1) is 11.8 Å². The van der Waals surface area contributed by atoms with E-state index in [1.807, 2.05) is 60.8 Å². The third-order valence-corrected chi connectivity index (χ3v) is 13.4. The number of anilines is 1. The predicted molar refractivity (Wildman–Crippen MR) is 233 cm³/mol. The normalized spacial score (nSPS) is 22.9. The predicted octanol–water partition coefficient (Wildman–Crippen LogP) is 9.56. The minimum Gasteiger partial charge on any atom is -0.494 e. The van der Waals surface area contributed by atoms with E-state index in [2.05, 4.69) is 41.6 Å². The summed E-state index contributed by atoms with van der Waals surface area (Å²) in [6.45, 7) is 5.43. The van der Waals surface area contributed by atoms with Crippen molar-refractivity contribution in [3.05, 3.63) is 118 Å². The number of hydrogen-bond acceptors (Lipinski definition) is 7. The lowest BCUT2D eigenvalue weighted by atomic mass is 9.59. The molecule has 4 N–H and O–H groups in total. The molecule has 1 saturated carbocycles. The van der Waals surface area contributed by atoms with E-state index in [0.29, 0.717) is 68.4 Å². The average Bonchev–Trinajstić information content (AvgIpc) is 3.50. The van der Waals surface area contributed by atoms with Gasteiger partial charge in [-0.1, -0.05) is 67.9 Å². The molecule has 11 heteroatoms. The van der Waals surface area contributed by atoms with Gasteiger partial charge in [0.2, 0.25) is 5.91 Å². The molecule has 3 aromatic carbocycles. The summed E-state index contributed by atoms with van der Waals surface area (Å²) in [4.78, 5) is 42.2. The first kappa shape index (κ1) is 43.0. The molecule has 0 aliphatic heterocycles. The fourth-order valence-electron chi connectivity index (χ4n) is 10.2. The summed E-state index contributed by atoms with van der Waals surface area (Å²) in [5, 5.41) is 27.0. The molecular formula is C49H58ClN3O7. The number of carboxylic acid groups (broad SMARTS) is 2. The highest BCUT2D eigenvalue weighted by atomic mass is 35.5. The van der Waals surface area contributed by atoms with Gasteiger partial charge in [-0.15, -0.1) is 0 Å². The van der Waals surface area contributed by atoms with Gasteiger partial charge in [-0.3, -0.25) is 14.6 Å². The third kappa shape index (κ3) is 10.1. The molecule has 1 amide bonds. The number of halogens is 1. The van der Waals surface area contributed by atoms with Crippen LogP contribution in [0.2, 0.25) is 5.02 Å². The van der Waals surface area contributed by atoms with Crippen LogP contribution in [-0.4, -0.2) is 57.8 Å². The molecule has 318 valence electrons. The summed E-state index contributed by atoms with van der Waals surface area (Å²) >= 11 is 6.30. The van der Waals surface area contributed by atoms with Gasteiger partial charge in [0, 0.05) is 40.6 Å². The minimum atomic E-state index is -1.13. The number of amides is 1. The van der Waals surface area contributed by atoms with Gasteiger partial charge in [-0.25, -0.2) is 4.79 Å². The Hall–Kier alpha value is -5.09. The number of ether oxygens (including phenoxy) is 2. The number of carboxylic acids is 2. The summed E-state index contributed by atoms with van der Waals surface area (Å²) in [5.74, 6) is 0.608. The van der Waals surface area contributed by atoms with E-state index in [-0.39, 0.29) is 36.0 Å². The molecule has 7 rings (SSSR count). The molecule has 0 saturated heterocycles. The van der Waals surface area contributed by atoms with E-state index in [0.717, 1.165) is 54.9 Å². The average molecular weight is 836 g/mol. The molecule has 0 radical (unpaired) electrons. The molecule has 1 fully saturated rings. The summed E-state index contributed by atoms with van der Waals surface area (Å²) in [5.41, 5.74) is 5.19. The highest BCUT2D eigenvalue weighted by molar-refractivity contribution is 6.30. The summed E-state index contributed by atoms with van der Waals surface area (Å²) < 4.78 is 12.9. The molecule has 4 atom stereocenters. The van der Waals surface area contributed by atoms with E-state index in [1.54, 1.807) is 12.1 Å². The second-order valence-corrected chi connectivity index (χ2v) is 18.0. The molecule has 60 heavy (non-hydrogen) atoms. The summed E-state index contributed by atoms with van der Waals surface area (Å²) in [7, 11) is 0. The lowest BCUT2D eigenvalue weighted by molar-refractivity contribution is -0.144. The summed E-state index contributed by atoms with van der Waals surface area (Å²) in [6.07, 6.45) is 10.2. The van der Waals surface area contributed by atoms with Gasteiger partial charge in [-0.2, -0.15) is 0 Å². The number of benzene rings is 3. The molecule has 0 bridgehead atoms. The Kier molecular flexibility index (Phi) is 13.7. The maximum Gasteiger partial charge on any atom is 0.329 e. The van der Waals surface area contributed by atoms with Crippen molar-refractivity contribution in [1.82, 2.24) is 10.3 Å². The number of aliphatic carboxylic acids is 2. The lowest BCUT2D eigenvalue weighted by Gasteiger charge is -2.47. The van der Waals surface area contributed by atoms with Crippen LogP contribution in [0.1, 0.15) is 112 Å². The van der Waals surface area contributed by atoms with Crippen molar-refractivity contribution in [2.24, 2.45) is 11.8 Å². The van der Waals surface area contributed by atoms with Crippen molar-refractivity contribution < 1.29 is 34.1 Å². The van der Waals surface area contributed by atoms with Gasteiger partial charge in [0.1, 0.15) is 17.0 Å². The number of nitrogens with one attached hydrogen (secondary N) is 2. The lowest BCUT2D eigenvalue weighted by Crippen LogP contribution is -2.53. The van der Waals surface area contributed by atoms with Crippen molar-refractivity contribution in [3.8, 4) is 11.5 Å². The Labute approximate surface area is 358 Å². The molecule has 10 nitrogen and oxygen atoms in total. The maximum atomic E-state index is 13.1. The number of rotatable bonds is 18. The second-order valence-electron chi connectivity index (χ2n) is 17.5. The van der Waals surface area contributed by atoms with Crippen LogP contribution in [0.5, 0.6) is 11.5 Å². The van der Waals surface area contributed by atoms with Crippen LogP contribution >= 0.6 is 11.6 Å². The largest absolute Gasteiger partial charge is 0.494 e. The third-order valence-electron chi connectivity index (χ3n) is 13.2. The standard InChI is InChI=1S/C49H58ClN3O7/c1-32(31-60-43-18-23-51-42-14-6-9-33(2)46(42)43)25-36-27-35-16-17-40(59-24-8-15-44(54)52-39(29-45(55)56)26-34-10-4-3-5-11-34)30-41(35)48(36)19-21-49(22-20-48,47(57)58)53-38-13-7-12-37(50)28-38/h3-5,7,10-13,16-18,23,28,30,32-33,36,39,53H,6,8-9,14-15,19-22,24-27,29,31H2,1-2H3,(H,52,54)(H,55,56)(H,57,58)/t32-,33-,36+,39?,48?,49?/m1/s1. The monoisotopic (exact) mass is 835 g/mol. The SMILES string of the molecule is C[C@@H](COc1ccnc2c1[C@H](C)CCC2)C[C@H]1Cc2ccc(OCCCC(=O)NC(CC(=O)O)Cc3ccccc3)cc2C12CCC(Nc1cccc(Cl)c1)(C(=O)O)CC2. The van der Waals surface area contributed by atoms with Gasteiger partial charge in [-0.05, 0) is 147 Å². The van der Waals surface area contributed by atoms with Crippen molar-refractivity contribution in [2.45, 2.75) is 120 Å². The Morgan fingerprint density at radius 2 is 1.77 bits per heavy atom. The molecule has 3 aliphatic rings. The maximum absolute atomic E-state index is 13.1. The molecule has 1 aromatic heterocycles. The topological polar surface area (TPSA) is 147 Å². The number of fused-ring (bicyclic) bond motifs is 3. The number of hydrogen-bond donors (Lipinski definition) is 4. The van der Waals surface area contributed by atoms with Crippen LogP contribution in [0.25, 0.3) is 0 Å². The van der Waals surface area contributed by atoms with Crippen molar-refractivity contribution >= 4 is 35.1 Å². The molecule has 1 spiro atoms. The van der Waals surface area contributed by atoms with E-state index in [1.165, 1.54) is 16.7 Å². The summed E-state index contributed by atoms with van der Waals surface area (Å²) in [6, 6.07) is 24.6. The Morgan fingerprint density at radius 1 is 0.967 bits per heavy atom. The highest BCUT2D eigenvalue weighted by Crippen LogP contribution is 2.57. The number of carbonyl (C=O) groups is 3.